The van der Waals surface area contributed by atoms with Gasteiger partial charge in [0.25, 0.3) is 5.92 Å². The summed E-state index contributed by atoms with van der Waals surface area (Å²) in [7, 11) is 0. The maximum Gasteiger partial charge on any atom is 0.321 e. The van der Waals surface area contributed by atoms with Gasteiger partial charge < -0.3 is 14.4 Å². The molecule has 7 heteroatoms. The third kappa shape index (κ3) is 2.77. The second-order valence-corrected chi connectivity index (χ2v) is 5.25. The molecule has 0 N–H and O–H groups in total. The highest BCUT2D eigenvalue weighted by Gasteiger charge is 2.53. The van der Waals surface area contributed by atoms with Crippen molar-refractivity contribution >= 4 is 11.9 Å². The van der Waals surface area contributed by atoms with Crippen molar-refractivity contribution in [1.82, 2.24) is 4.90 Å². The highest BCUT2D eigenvalue weighted by molar-refractivity contribution is 6.03. The van der Waals surface area contributed by atoms with Gasteiger partial charge in [-0.05, 0) is 19.8 Å². The second-order valence-electron chi connectivity index (χ2n) is 5.25. The van der Waals surface area contributed by atoms with Crippen LogP contribution >= 0.6 is 0 Å². The number of ether oxygens (including phenoxy) is 2. The van der Waals surface area contributed by atoms with Crippen molar-refractivity contribution in [2.45, 2.75) is 32.1 Å². The largest absolute Gasteiger partial charge is 0.465 e. The second kappa shape index (κ2) is 5.63. The summed E-state index contributed by atoms with van der Waals surface area (Å²) < 4.78 is 36.7. The summed E-state index contributed by atoms with van der Waals surface area (Å²) in [4.78, 5) is 25.8. The average Bonchev–Trinajstić information content (AvgIpc) is 2.79. The fraction of sp³-hybridized carbons (Fsp3) is 0.846. The summed E-state index contributed by atoms with van der Waals surface area (Å²) in [6, 6.07) is 0. The molecule has 2 rings (SSSR count). The van der Waals surface area contributed by atoms with Crippen molar-refractivity contribution in [1.29, 1.82) is 0 Å². The average molecular weight is 291 g/mol. The molecule has 0 aromatic rings. The standard InChI is InChI=1S/C13H19F2NO4/c1-2-20-11(18)12(4-7-19-8-5-12)10(17)16-6-3-13(14,15)9-16/h2-9H2,1H3. The van der Waals surface area contributed by atoms with Crippen molar-refractivity contribution in [2.75, 3.05) is 32.9 Å². The lowest BCUT2D eigenvalue weighted by Crippen LogP contribution is -2.52. The van der Waals surface area contributed by atoms with Crippen LogP contribution in [0.4, 0.5) is 8.78 Å². The SMILES string of the molecule is CCOC(=O)C1(C(=O)N2CCC(F)(F)C2)CCOCC1. The van der Waals surface area contributed by atoms with Crippen molar-refractivity contribution in [3.05, 3.63) is 0 Å². The summed E-state index contributed by atoms with van der Waals surface area (Å²) in [5, 5.41) is 0. The molecule has 2 aliphatic heterocycles. The minimum absolute atomic E-state index is 0.0200. The van der Waals surface area contributed by atoms with Crippen molar-refractivity contribution in [3.8, 4) is 0 Å². The topological polar surface area (TPSA) is 55.8 Å². The molecule has 0 saturated carbocycles. The van der Waals surface area contributed by atoms with Crippen molar-refractivity contribution in [2.24, 2.45) is 5.41 Å². The van der Waals surface area contributed by atoms with Crippen molar-refractivity contribution in [3.63, 3.8) is 0 Å². The van der Waals surface area contributed by atoms with E-state index in [0.29, 0.717) is 0 Å². The van der Waals surface area contributed by atoms with Crippen LogP contribution in [0.25, 0.3) is 0 Å². The number of halogens is 2. The Labute approximate surface area is 116 Å². The van der Waals surface area contributed by atoms with E-state index in [1.807, 2.05) is 0 Å². The zero-order chi connectivity index (χ0) is 14.8. The highest BCUT2D eigenvalue weighted by Crippen LogP contribution is 2.37. The number of alkyl halides is 2. The monoisotopic (exact) mass is 291 g/mol. The molecular weight excluding hydrogens is 272 g/mol. The maximum absolute atomic E-state index is 13.3. The number of likely N-dealkylation sites (tertiary alicyclic amines) is 1. The van der Waals surface area contributed by atoms with E-state index in [0.717, 1.165) is 4.90 Å². The summed E-state index contributed by atoms with van der Waals surface area (Å²) in [5.74, 6) is -4.03. The van der Waals surface area contributed by atoms with Crippen molar-refractivity contribution < 1.29 is 27.8 Å². The summed E-state index contributed by atoms with van der Waals surface area (Å²) in [5.41, 5.74) is -1.35. The number of carbonyl (C=O) groups is 2. The molecule has 5 nitrogen and oxygen atoms in total. The van der Waals surface area contributed by atoms with E-state index in [1.54, 1.807) is 6.92 Å². The number of hydrogen-bond acceptors (Lipinski definition) is 4. The maximum atomic E-state index is 13.3. The van der Waals surface area contributed by atoms with Crippen LogP contribution in [0.1, 0.15) is 26.2 Å². The number of nitrogens with zero attached hydrogens (tertiary/aromatic N) is 1. The molecule has 0 spiro atoms. The normalized spacial score (nSPS) is 24.4. The number of amides is 1. The van der Waals surface area contributed by atoms with Gasteiger partial charge in [-0.1, -0.05) is 0 Å². The molecular formula is C13H19F2NO4. The predicted molar refractivity (Wildman–Crippen MR) is 65.3 cm³/mol. The molecule has 2 heterocycles. The van der Waals surface area contributed by atoms with Gasteiger partial charge in [-0.3, -0.25) is 9.59 Å². The Morgan fingerprint density at radius 1 is 1.25 bits per heavy atom. The molecule has 2 fully saturated rings. The van der Waals surface area contributed by atoms with Gasteiger partial charge in [0, 0.05) is 26.2 Å². The molecule has 0 radical (unpaired) electrons. The minimum atomic E-state index is -2.86. The van der Waals surface area contributed by atoms with Crippen LogP contribution in [0, 0.1) is 5.41 Å². The molecule has 1 amide bonds. The summed E-state index contributed by atoms with van der Waals surface area (Å²) in [6.45, 7) is 1.69. The molecule has 0 unspecified atom stereocenters. The van der Waals surface area contributed by atoms with Gasteiger partial charge in [0.05, 0.1) is 13.2 Å². The Morgan fingerprint density at radius 2 is 1.90 bits per heavy atom. The molecule has 0 bridgehead atoms. The van der Waals surface area contributed by atoms with Gasteiger partial charge in [0.2, 0.25) is 5.91 Å². The highest BCUT2D eigenvalue weighted by atomic mass is 19.3. The van der Waals surface area contributed by atoms with Crippen LogP contribution in [0.5, 0.6) is 0 Å². The molecule has 0 aromatic heterocycles. The van der Waals surface area contributed by atoms with Crippen LogP contribution in [0.15, 0.2) is 0 Å². The lowest BCUT2D eigenvalue weighted by Gasteiger charge is -2.36. The van der Waals surface area contributed by atoms with E-state index < -0.39 is 29.8 Å². The predicted octanol–water partition coefficient (Wildman–Crippen LogP) is 1.21. The number of rotatable bonds is 3. The van der Waals surface area contributed by atoms with Gasteiger partial charge in [0.1, 0.15) is 0 Å². The molecule has 0 aliphatic carbocycles. The smallest absolute Gasteiger partial charge is 0.321 e. The number of hydrogen-bond donors (Lipinski definition) is 0. The molecule has 114 valence electrons. The quantitative estimate of drug-likeness (QED) is 0.579. The fourth-order valence-electron chi connectivity index (χ4n) is 2.71. The van der Waals surface area contributed by atoms with E-state index in [-0.39, 0.29) is 45.6 Å². The molecule has 2 saturated heterocycles. The Morgan fingerprint density at radius 3 is 2.40 bits per heavy atom. The van der Waals surface area contributed by atoms with Gasteiger partial charge in [-0.15, -0.1) is 0 Å². The first kappa shape index (κ1) is 15.2. The van der Waals surface area contributed by atoms with Crippen LogP contribution in [0.3, 0.4) is 0 Å². The van der Waals surface area contributed by atoms with Crippen LogP contribution in [0.2, 0.25) is 0 Å². The van der Waals surface area contributed by atoms with E-state index in [4.69, 9.17) is 9.47 Å². The summed E-state index contributed by atoms with van der Waals surface area (Å²) >= 11 is 0. The van der Waals surface area contributed by atoms with Crippen LogP contribution in [-0.2, 0) is 19.1 Å². The summed E-state index contributed by atoms with van der Waals surface area (Å²) in [6.07, 6.45) is 0.0214. The Balaban J connectivity index is 2.18. The Hall–Kier alpha value is -1.24. The first-order valence-electron chi connectivity index (χ1n) is 6.83. The van der Waals surface area contributed by atoms with E-state index >= 15 is 0 Å². The lowest BCUT2D eigenvalue weighted by molar-refractivity contribution is -0.172. The third-order valence-electron chi connectivity index (χ3n) is 3.88. The van der Waals surface area contributed by atoms with Crippen LogP contribution in [-0.4, -0.2) is 55.6 Å². The molecule has 0 aromatic carbocycles. The van der Waals surface area contributed by atoms with Gasteiger partial charge in [-0.25, -0.2) is 8.78 Å². The molecule has 0 atom stereocenters. The third-order valence-corrected chi connectivity index (χ3v) is 3.88. The van der Waals surface area contributed by atoms with E-state index in [1.165, 1.54) is 0 Å². The van der Waals surface area contributed by atoms with E-state index in [9.17, 15) is 18.4 Å². The van der Waals surface area contributed by atoms with Gasteiger partial charge in [0.15, 0.2) is 5.41 Å². The molecule has 20 heavy (non-hydrogen) atoms. The first-order chi connectivity index (χ1) is 9.41. The van der Waals surface area contributed by atoms with Gasteiger partial charge in [-0.2, -0.15) is 0 Å². The van der Waals surface area contributed by atoms with Crippen LogP contribution < -0.4 is 0 Å². The van der Waals surface area contributed by atoms with Gasteiger partial charge >= 0.3 is 5.97 Å². The Kier molecular flexibility index (Phi) is 4.27. The fourth-order valence-corrected chi connectivity index (χ4v) is 2.71. The minimum Gasteiger partial charge on any atom is -0.465 e. The van der Waals surface area contributed by atoms with E-state index in [2.05, 4.69) is 0 Å². The first-order valence-corrected chi connectivity index (χ1v) is 6.83. The number of esters is 1. The Bertz CT molecular complexity index is 394. The lowest BCUT2D eigenvalue weighted by atomic mass is 9.78. The zero-order valence-electron chi connectivity index (χ0n) is 11.5. The zero-order valence-corrected chi connectivity index (χ0v) is 11.5. The number of carbonyl (C=O) groups excluding carboxylic acids is 2. The molecule has 2 aliphatic rings.